The van der Waals surface area contributed by atoms with Crippen LogP contribution in [-0.4, -0.2) is 39.1 Å². The van der Waals surface area contributed by atoms with Crippen molar-refractivity contribution in [1.29, 1.82) is 0 Å². The van der Waals surface area contributed by atoms with Gasteiger partial charge in [0.1, 0.15) is 11.3 Å². The fourth-order valence-corrected chi connectivity index (χ4v) is 3.28. The number of fused-ring (bicyclic) bond motifs is 1. The number of likely N-dealkylation sites (tertiary alicyclic amines) is 1. The van der Waals surface area contributed by atoms with E-state index in [0.717, 1.165) is 17.6 Å². The molecule has 1 aliphatic heterocycles. The first kappa shape index (κ1) is 11.4. The number of likely N-dealkylation sites (N-methyl/N-ethyl adjacent to an activating group) is 1. The van der Waals surface area contributed by atoms with Crippen molar-refractivity contribution in [2.45, 2.75) is 44.2 Å². The summed E-state index contributed by atoms with van der Waals surface area (Å²) in [7, 11) is 2.24. The van der Waals surface area contributed by atoms with Gasteiger partial charge in [0, 0.05) is 24.7 Å². The van der Waals surface area contributed by atoms with E-state index >= 15 is 0 Å². The molecule has 19 heavy (non-hydrogen) atoms. The van der Waals surface area contributed by atoms with Gasteiger partial charge >= 0.3 is 0 Å². The molecule has 2 fully saturated rings. The Hall–Kier alpha value is -1.42. The maximum Gasteiger partial charge on any atom is 0.160 e. The van der Waals surface area contributed by atoms with E-state index in [4.69, 9.17) is 4.98 Å². The Morgan fingerprint density at radius 2 is 2.21 bits per heavy atom. The highest BCUT2D eigenvalue weighted by molar-refractivity contribution is 5.71. The summed E-state index contributed by atoms with van der Waals surface area (Å²) in [5.74, 6) is 1.25. The van der Waals surface area contributed by atoms with Crippen LogP contribution in [0.2, 0.25) is 0 Å². The molecule has 2 aromatic heterocycles. The van der Waals surface area contributed by atoms with Crippen LogP contribution in [0.4, 0.5) is 0 Å². The molecule has 0 bridgehead atoms. The summed E-state index contributed by atoms with van der Waals surface area (Å²) >= 11 is 0. The van der Waals surface area contributed by atoms with Crippen LogP contribution in [0, 0.1) is 0 Å². The largest absolute Gasteiger partial charge is 0.310 e. The molecule has 0 radical (unpaired) electrons. The van der Waals surface area contributed by atoms with Crippen molar-refractivity contribution in [1.82, 2.24) is 19.4 Å². The Bertz CT molecular complexity index is 599. The lowest BCUT2D eigenvalue weighted by Crippen LogP contribution is -2.28. The highest BCUT2D eigenvalue weighted by Crippen LogP contribution is 2.38. The van der Waals surface area contributed by atoms with Gasteiger partial charge in [-0.2, -0.15) is 0 Å². The van der Waals surface area contributed by atoms with Crippen molar-refractivity contribution < 1.29 is 0 Å². The molecule has 0 N–H and O–H groups in total. The first-order valence-corrected chi connectivity index (χ1v) is 7.35. The Labute approximate surface area is 113 Å². The van der Waals surface area contributed by atoms with Gasteiger partial charge in [0.25, 0.3) is 0 Å². The molecular formula is C15H20N4. The number of imidazole rings is 1. The van der Waals surface area contributed by atoms with Crippen LogP contribution in [-0.2, 0) is 6.42 Å². The zero-order chi connectivity index (χ0) is 12.8. The minimum atomic E-state index is 0.654. The minimum absolute atomic E-state index is 0.654. The number of hydrogen-bond acceptors (Lipinski definition) is 3. The van der Waals surface area contributed by atoms with Crippen LogP contribution in [0.15, 0.2) is 18.3 Å². The number of aromatic nitrogens is 3. The van der Waals surface area contributed by atoms with Crippen LogP contribution in [0.1, 0.15) is 37.5 Å². The molecule has 1 atom stereocenters. The highest BCUT2D eigenvalue weighted by atomic mass is 15.2. The molecule has 1 aliphatic carbocycles. The average Bonchev–Trinajstić information content (AvgIpc) is 3.07. The van der Waals surface area contributed by atoms with Gasteiger partial charge in [-0.3, -0.25) is 0 Å². The smallest absolute Gasteiger partial charge is 0.160 e. The van der Waals surface area contributed by atoms with Crippen LogP contribution in [0.25, 0.3) is 11.2 Å². The molecule has 0 amide bonds. The van der Waals surface area contributed by atoms with Gasteiger partial charge in [-0.15, -0.1) is 0 Å². The summed E-state index contributed by atoms with van der Waals surface area (Å²) in [4.78, 5) is 11.9. The fourth-order valence-electron chi connectivity index (χ4n) is 3.28. The summed E-state index contributed by atoms with van der Waals surface area (Å²) in [6.45, 7) is 1.23. The number of pyridine rings is 1. The van der Waals surface area contributed by atoms with Gasteiger partial charge in [-0.25, -0.2) is 9.97 Å². The van der Waals surface area contributed by atoms with Crippen LogP contribution in [0.3, 0.4) is 0 Å². The van der Waals surface area contributed by atoms with Crippen molar-refractivity contribution in [3.63, 3.8) is 0 Å². The lowest BCUT2D eigenvalue weighted by molar-refractivity contribution is 0.303. The summed E-state index contributed by atoms with van der Waals surface area (Å²) < 4.78 is 2.40. The summed E-state index contributed by atoms with van der Waals surface area (Å²) in [5, 5.41) is 0. The second-order valence-electron chi connectivity index (χ2n) is 5.96. The van der Waals surface area contributed by atoms with Crippen LogP contribution < -0.4 is 0 Å². The molecule has 0 aromatic carbocycles. The maximum absolute atomic E-state index is 4.85. The Balaban J connectivity index is 1.74. The van der Waals surface area contributed by atoms with E-state index in [1.54, 1.807) is 0 Å². The van der Waals surface area contributed by atoms with Crippen molar-refractivity contribution in [2.75, 3.05) is 13.6 Å². The maximum atomic E-state index is 4.85. The Morgan fingerprint density at radius 3 is 2.95 bits per heavy atom. The van der Waals surface area contributed by atoms with Crippen molar-refractivity contribution in [3.8, 4) is 0 Å². The van der Waals surface area contributed by atoms with E-state index < -0.39 is 0 Å². The van der Waals surface area contributed by atoms with E-state index in [1.807, 2.05) is 12.3 Å². The Kier molecular flexibility index (Phi) is 2.58. The van der Waals surface area contributed by atoms with E-state index in [2.05, 4.69) is 27.6 Å². The van der Waals surface area contributed by atoms with Crippen molar-refractivity contribution >= 4 is 11.2 Å². The topological polar surface area (TPSA) is 34.0 Å². The zero-order valence-electron chi connectivity index (χ0n) is 11.4. The molecule has 1 saturated heterocycles. The quantitative estimate of drug-likeness (QED) is 0.845. The standard InChI is InChI=1S/C15H20N4/c1-18-9-3-4-12(18)10-14-17-13-5-2-8-16-15(13)19(14)11-6-7-11/h2,5,8,11-12H,3-4,6-7,9-10H2,1H3. The number of hydrogen-bond donors (Lipinski definition) is 0. The molecule has 3 heterocycles. The second-order valence-corrected chi connectivity index (χ2v) is 5.96. The molecular weight excluding hydrogens is 236 g/mol. The molecule has 4 heteroatoms. The molecule has 1 unspecified atom stereocenters. The summed E-state index contributed by atoms with van der Waals surface area (Å²) in [6.07, 6.45) is 8.16. The van der Waals surface area contributed by atoms with Crippen LogP contribution >= 0.6 is 0 Å². The lowest BCUT2D eigenvalue weighted by Gasteiger charge is -2.19. The minimum Gasteiger partial charge on any atom is -0.310 e. The zero-order valence-corrected chi connectivity index (χ0v) is 11.4. The molecule has 4 rings (SSSR count). The third-order valence-electron chi connectivity index (χ3n) is 4.52. The van der Waals surface area contributed by atoms with Gasteiger partial charge in [-0.1, -0.05) is 0 Å². The number of rotatable bonds is 3. The normalized spacial score (nSPS) is 24.4. The predicted molar refractivity (Wildman–Crippen MR) is 75.2 cm³/mol. The molecule has 2 aliphatic rings. The van der Waals surface area contributed by atoms with Crippen molar-refractivity contribution in [2.24, 2.45) is 0 Å². The monoisotopic (exact) mass is 256 g/mol. The highest BCUT2D eigenvalue weighted by Gasteiger charge is 2.31. The fraction of sp³-hybridized carbons (Fsp3) is 0.600. The summed E-state index contributed by atoms with van der Waals surface area (Å²) in [6, 6.07) is 5.39. The third kappa shape index (κ3) is 1.94. The van der Waals surface area contributed by atoms with Crippen molar-refractivity contribution in [3.05, 3.63) is 24.2 Å². The van der Waals surface area contributed by atoms with Gasteiger partial charge in [0.15, 0.2) is 5.65 Å². The van der Waals surface area contributed by atoms with Gasteiger partial charge < -0.3 is 9.47 Å². The van der Waals surface area contributed by atoms with Crippen LogP contribution in [0.5, 0.6) is 0 Å². The molecule has 100 valence electrons. The first-order valence-electron chi connectivity index (χ1n) is 7.35. The van der Waals surface area contributed by atoms with E-state index in [-0.39, 0.29) is 0 Å². The third-order valence-corrected chi connectivity index (χ3v) is 4.52. The predicted octanol–water partition coefficient (Wildman–Crippen LogP) is 2.40. The van der Waals surface area contributed by atoms with Gasteiger partial charge in [0.2, 0.25) is 0 Å². The number of nitrogens with zero attached hydrogens (tertiary/aromatic N) is 4. The average molecular weight is 256 g/mol. The molecule has 0 spiro atoms. The Morgan fingerprint density at radius 1 is 1.32 bits per heavy atom. The molecule has 1 saturated carbocycles. The molecule has 2 aromatic rings. The first-order chi connectivity index (χ1) is 9.33. The lowest BCUT2D eigenvalue weighted by atomic mass is 10.1. The van der Waals surface area contributed by atoms with E-state index in [0.29, 0.717) is 12.1 Å². The van der Waals surface area contributed by atoms with E-state index in [9.17, 15) is 0 Å². The van der Waals surface area contributed by atoms with Gasteiger partial charge in [-0.05, 0) is 51.4 Å². The molecule has 4 nitrogen and oxygen atoms in total. The van der Waals surface area contributed by atoms with Gasteiger partial charge in [0.05, 0.1) is 0 Å². The second kappa shape index (κ2) is 4.30. The summed E-state index contributed by atoms with van der Waals surface area (Å²) in [5.41, 5.74) is 2.14. The SMILES string of the molecule is CN1CCCC1Cc1nc2cccnc2n1C1CC1. The van der Waals surface area contributed by atoms with E-state index in [1.165, 1.54) is 38.1 Å².